The third-order valence-electron chi connectivity index (χ3n) is 1.30. The molecule has 0 bridgehead atoms. The molecule has 7 heavy (non-hydrogen) atoms. The summed E-state index contributed by atoms with van der Waals surface area (Å²) in [6, 6.07) is 0. The third kappa shape index (κ3) is 2.08. The van der Waals surface area contributed by atoms with Crippen molar-refractivity contribution in [3.8, 4) is 0 Å². The van der Waals surface area contributed by atoms with Gasteiger partial charge in [0, 0.05) is 0 Å². The van der Waals surface area contributed by atoms with Gasteiger partial charge in [-0.05, 0) is 0 Å². The zero-order chi connectivity index (χ0) is 5.11. The fourth-order valence-electron chi connectivity index (χ4n) is 0.852. The molecular formula is C5H10NPb. The molecule has 1 aliphatic rings. The van der Waals surface area contributed by atoms with Crippen molar-refractivity contribution in [2.45, 2.75) is 16.3 Å². The minimum atomic E-state index is 1.06. The number of hydrogen-bond acceptors (Lipinski definition) is 1. The molecule has 1 fully saturated rings. The van der Waals surface area contributed by atoms with Crippen LogP contribution in [0.25, 0.3) is 0 Å². The Hall–Kier alpha value is 0.882. The van der Waals surface area contributed by atoms with E-state index in [0.717, 1.165) is 3.48 Å². The van der Waals surface area contributed by atoms with Gasteiger partial charge >= 0.3 is 60.5 Å². The average molecular weight is 291 g/mol. The van der Waals surface area contributed by atoms with Crippen LogP contribution < -0.4 is 5.32 Å². The minimum absolute atomic E-state index is 1.06. The van der Waals surface area contributed by atoms with Crippen molar-refractivity contribution in [2.75, 3.05) is 13.1 Å². The summed E-state index contributed by atoms with van der Waals surface area (Å²) in [4.78, 5) is 0. The van der Waals surface area contributed by atoms with E-state index >= 15 is 0 Å². The summed E-state index contributed by atoms with van der Waals surface area (Å²) in [5.74, 6) is 0. The fraction of sp³-hybridized carbons (Fsp3) is 1.00. The monoisotopic (exact) mass is 292 g/mol. The van der Waals surface area contributed by atoms with Crippen LogP contribution in [0, 0.1) is 0 Å². The van der Waals surface area contributed by atoms with E-state index in [4.69, 9.17) is 0 Å². The molecule has 1 nitrogen and oxygen atoms in total. The molecule has 1 unspecified atom stereocenters. The molecule has 2 heteroatoms. The van der Waals surface area contributed by atoms with E-state index < -0.39 is 0 Å². The Kier molecular flexibility index (Phi) is 2.59. The molecule has 0 aliphatic carbocycles. The van der Waals surface area contributed by atoms with Crippen molar-refractivity contribution in [3.05, 3.63) is 0 Å². The molecule has 0 aromatic carbocycles. The zero-order valence-corrected chi connectivity index (χ0v) is 8.29. The van der Waals surface area contributed by atoms with Crippen molar-refractivity contribution < 1.29 is 0 Å². The second-order valence-corrected chi connectivity index (χ2v) is 5.22. The summed E-state index contributed by atoms with van der Waals surface area (Å²) in [5, 5.41) is 3.37. The van der Waals surface area contributed by atoms with Gasteiger partial charge in [0.05, 0.1) is 0 Å². The Morgan fingerprint density at radius 2 is 2.43 bits per heavy atom. The Labute approximate surface area is 60.6 Å². The first-order chi connectivity index (χ1) is 3.39. The first-order valence-electron chi connectivity index (χ1n) is 2.81. The van der Waals surface area contributed by atoms with Gasteiger partial charge in [-0.3, -0.25) is 0 Å². The maximum absolute atomic E-state index is 3.37. The normalized spacial score (nSPS) is 33.0. The van der Waals surface area contributed by atoms with Crippen molar-refractivity contribution in [2.24, 2.45) is 0 Å². The predicted octanol–water partition coefficient (Wildman–Crippen LogP) is 0.327. The van der Waals surface area contributed by atoms with Crippen LogP contribution in [-0.4, -0.2) is 38.9 Å². The first kappa shape index (κ1) is 6.01. The average Bonchev–Trinajstić information content (AvgIpc) is 1.69. The molecule has 0 aromatic rings. The van der Waals surface area contributed by atoms with Crippen LogP contribution in [0.3, 0.4) is 0 Å². The topological polar surface area (TPSA) is 12.0 Å². The van der Waals surface area contributed by atoms with E-state index in [2.05, 4.69) is 5.32 Å². The summed E-state index contributed by atoms with van der Waals surface area (Å²) < 4.78 is 1.06. The molecule has 1 N–H and O–H groups in total. The van der Waals surface area contributed by atoms with Gasteiger partial charge < -0.3 is 0 Å². The van der Waals surface area contributed by atoms with Crippen molar-refractivity contribution in [1.82, 2.24) is 5.32 Å². The van der Waals surface area contributed by atoms with Gasteiger partial charge in [0.2, 0.25) is 0 Å². The van der Waals surface area contributed by atoms with Crippen LogP contribution in [0.15, 0.2) is 0 Å². The zero-order valence-electron chi connectivity index (χ0n) is 4.41. The molecule has 1 aliphatic heterocycles. The molecule has 1 heterocycles. The molecule has 0 aromatic heterocycles. The Morgan fingerprint density at radius 3 is 2.71 bits per heavy atom. The Bertz CT molecular complexity index is 50.0. The van der Waals surface area contributed by atoms with Crippen LogP contribution in [0.5, 0.6) is 0 Å². The summed E-state index contributed by atoms with van der Waals surface area (Å²) in [6.07, 6.45) is 2.90. The first-order valence-corrected chi connectivity index (χ1v) is 5.06. The van der Waals surface area contributed by atoms with Gasteiger partial charge in [0.15, 0.2) is 0 Å². The predicted molar refractivity (Wildman–Crippen MR) is 31.6 cm³/mol. The van der Waals surface area contributed by atoms with Crippen LogP contribution >= 0.6 is 0 Å². The summed E-state index contributed by atoms with van der Waals surface area (Å²) in [6.45, 7) is 2.56. The van der Waals surface area contributed by atoms with Crippen molar-refractivity contribution >= 4 is 25.8 Å². The summed E-state index contributed by atoms with van der Waals surface area (Å²) in [5.41, 5.74) is 0. The quantitative estimate of drug-likeness (QED) is 0.634. The van der Waals surface area contributed by atoms with Crippen LogP contribution in [-0.2, 0) is 0 Å². The molecule has 0 spiro atoms. The van der Waals surface area contributed by atoms with Crippen LogP contribution in [0.2, 0.25) is 3.48 Å². The van der Waals surface area contributed by atoms with Gasteiger partial charge in [0.25, 0.3) is 0 Å². The molecule has 3 radical (unpaired) electrons. The second kappa shape index (κ2) is 3.02. The molecule has 1 rings (SSSR count). The second-order valence-electron chi connectivity index (χ2n) is 2.04. The number of piperidine rings is 1. The van der Waals surface area contributed by atoms with Crippen molar-refractivity contribution in [3.63, 3.8) is 0 Å². The van der Waals surface area contributed by atoms with Crippen LogP contribution in [0.4, 0.5) is 0 Å². The Balaban J connectivity index is 2.12. The number of nitrogens with one attached hydrogen (secondary N) is 1. The van der Waals surface area contributed by atoms with E-state index in [-0.39, 0.29) is 0 Å². The Morgan fingerprint density at radius 1 is 1.57 bits per heavy atom. The van der Waals surface area contributed by atoms with Gasteiger partial charge in [-0.1, -0.05) is 0 Å². The van der Waals surface area contributed by atoms with Gasteiger partial charge in [-0.25, -0.2) is 0 Å². The van der Waals surface area contributed by atoms with Crippen molar-refractivity contribution in [1.29, 1.82) is 0 Å². The molecule has 0 amide bonds. The molecule has 0 saturated carbocycles. The third-order valence-corrected chi connectivity index (χ3v) is 3.21. The molecule has 1 atom stereocenters. The SMILES string of the molecule is [Pb][CH]1CCCNC1. The van der Waals surface area contributed by atoms with E-state index in [0.29, 0.717) is 0 Å². The van der Waals surface area contributed by atoms with E-state index in [1.807, 2.05) is 0 Å². The molecular weight excluding hydrogens is 281 g/mol. The molecule has 1 saturated heterocycles. The standard InChI is InChI=1S/C5H10N.Pb/c1-2-4-6-5-3-1;/h2,6H,1,3-5H2;. The summed E-state index contributed by atoms with van der Waals surface area (Å²) >= 11 is 1.39. The van der Waals surface area contributed by atoms with E-state index in [1.165, 1.54) is 51.7 Å². The van der Waals surface area contributed by atoms with E-state index in [9.17, 15) is 0 Å². The summed E-state index contributed by atoms with van der Waals surface area (Å²) in [7, 11) is 0. The fourth-order valence-corrected chi connectivity index (χ4v) is 2.21. The number of rotatable bonds is 0. The maximum atomic E-state index is 3.37. The van der Waals surface area contributed by atoms with E-state index in [1.54, 1.807) is 0 Å². The van der Waals surface area contributed by atoms with Gasteiger partial charge in [0.1, 0.15) is 0 Å². The van der Waals surface area contributed by atoms with Gasteiger partial charge in [-0.2, -0.15) is 0 Å². The molecule has 39 valence electrons. The number of hydrogen-bond donors (Lipinski definition) is 1. The van der Waals surface area contributed by atoms with Crippen LogP contribution in [0.1, 0.15) is 12.8 Å². The van der Waals surface area contributed by atoms with Gasteiger partial charge in [-0.15, -0.1) is 0 Å².